The number of likely N-dealkylation sites (tertiary alicyclic amines) is 1. The Labute approximate surface area is 170 Å². The molecule has 1 aliphatic heterocycles. The molecule has 2 aromatic rings. The predicted octanol–water partition coefficient (Wildman–Crippen LogP) is 2.37. The monoisotopic (exact) mass is 394 g/mol. The Bertz CT molecular complexity index is 872. The Morgan fingerprint density at radius 3 is 2.48 bits per heavy atom. The van der Waals surface area contributed by atoms with Crippen molar-refractivity contribution < 1.29 is 14.3 Å². The van der Waals surface area contributed by atoms with Crippen LogP contribution in [0.3, 0.4) is 0 Å². The Morgan fingerprint density at radius 1 is 1.10 bits per heavy atom. The summed E-state index contributed by atoms with van der Waals surface area (Å²) in [6, 6.07) is 10.8. The van der Waals surface area contributed by atoms with Gasteiger partial charge in [-0.2, -0.15) is 0 Å². The van der Waals surface area contributed by atoms with E-state index in [0.717, 1.165) is 50.1 Å². The Balaban J connectivity index is 1.25. The quantitative estimate of drug-likeness (QED) is 0.784. The molecule has 1 aromatic carbocycles. The van der Waals surface area contributed by atoms with E-state index < -0.39 is 0 Å². The molecule has 1 aliphatic carbocycles. The van der Waals surface area contributed by atoms with Crippen molar-refractivity contribution in [1.29, 1.82) is 0 Å². The fourth-order valence-corrected chi connectivity index (χ4v) is 3.54. The molecule has 0 unspecified atom stereocenters. The zero-order valence-electron chi connectivity index (χ0n) is 16.3. The maximum Gasteiger partial charge on any atom is 0.251 e. The van der Waals surface area contributed by atoms with Gasteiger partial charge in [0.15, 0.2) is 0 Å². The highest BCUT2D eigenvalue weighted by molar-refractivity contribution is 5.94. The summed E-state index contributed by atoms with van der Waals surface area (Å²) in [5, 5.41) is 2.85. The van der Waals surface area contributed by atoms with Crippen molar-refractivity contribution in [2.45, 2.75) is 38.3 Å². The third kappa shape index (κ3) is 4.85. The van der Waals surface area contributed by atoms with Crippen LogP contribution in [0.25, 0.3) is 0 Å². The number of hydrogen-bond acceptors (Lipinski definition) is 5. The van der Waals surface area contributed by atoms with Crippen LogP contribution in [0.5, 0.6) is 5.75 Å². The summed E-state index contributed by atoms with van der Waals surface area (Å²) in [6.45, 7) is 1.85. The van der Waals surface area contributed by atoms with Gasteiger partial charge < -0.3 is 20.7 Å². The lowest BCUT2D eigenvalue weighted by Crippen LogP contribution is -2.42. The molecule has 0 atom stereocenters. The highest BCUT2D eigenvalue weighted by Crippen LogP contribution is 2.32. The first-order valence-electron chi connectivity index (χ1n) is 10.1. The predicted molar refractivity (Wildman–Crippen MR) is 109 cm³/mol. The molecular formula is C22H26N4O3. The number of nitrogens with zero attached hydrogens (tertiary/aromatic N) is 2. The van der Waals surface area contributed by atoms with Gasteiger partial charge in [-0.1, -0.05) is 6.07 Å². The molecule has 7 nitrogen and oxygen atoms in total. The van der Waals surface area contributed by atoms with Gasteiger partial charge in [-0.25, -0.2) is 4.98 Å². The van der Waals surface area contributed by atoms with E-state index in [0.29, 0.717) is 23.8 Å². The number of anilines is 1. The number of nitrogen functional groups attached to an aromatic ring is 1. The average Bonchev–Trinajstić information content (AvgIpc) is 3.59. The molecular weight excluding hydrogens is 368 g/mol. The second-order valence-electron chi connectivity index (χ2n) is 7.67. The minimum atomic E-state index is -0.174. The van der Waals surface area contributed by atoms with Gasteiger partial charge in [-0.3, -0.25) is 9.59 Å². The fraction of sp³-hybridized carbons (Fsp3) is 0.409. The van der Waals surface area contributed by atoms with E-state index >= 15 is 0 Å². The van der Waals surface area contributed by atoms with E-state index in [1.807, 2.05) is 23.1 Å². The molecule has 29 heavy (non-hydrogen) atoms. The first kappa shape index (κ1) is 19.2. The summed E-state index contributed by atoms with van der Waals surface area (Å²) in [5.41, 5.74) is 7.14. The number of pyridine rings is 1. The topological polar surface area (TPSA) is 97.5 Å². The van der Waals surface area contributed by atoms with Crippen LogP contribution in [0, 0.1) is 5.92 Å². The van der Waals surface area contributed by atoms with Crippen molar-refractivity contribution in [3.05, 3.63) is 53.7 Å². The molecule has 2 heterocycles. The van der Waals surface area contributed by atoms with Crippen molar-refractivity contribution in [1.82, 2.24) is 15.2 Å². The highest BCUT2D eigenvalue weighted by atomic mass is 16.5. The van der Waals surface area contributed by atoms with Crippen LogP contribution >= 0.6 is 0 Å². The standard InChI is InChI=1S/C22H26N4O3/c23-20-17(2-1-11-24-20)14-25-21(27)15-5-7-18(8-6-15)29-19-9-12-26(13-10-19)22(28)16-3-4-16/h1-2,5-8,11,16,19H,3-4,9-10,12-14H2,(H2,23,24)(H,25,27). The number of nitrogens with one attached hydrogen (secondary N) is 1. The van der Waals surface area contributed by atoms with Crippen LogP contribution in [-0.2, 0) is 11.3 Å². The lowest BCUT2D eigenvalue weighted by molar-refractivity contribution is -0.134. The zero-order chi connectivity index (χ0) is 20.2. The van der Waals surface area contributed by atoms with Gasteiger partial charge in [-0.05, 0) is 43.2 Å². The molecule has 3 N–H and O–H groups in total. The van der Waals surface area contributed by atoms with E-state index in [4.69, 9.17) is 10.5 Å². The maximum atomic E-state index is 12.3. The lowest BCUT2D eigenvalue weighted by Gasteiger charge is -2.32. The summed E-state index contributed by atoms with van der Waals surface area (Å²) in [4.78, 5) is 30.4. The fourth-order valence-electron chi connectivity index (χ4n) is 3.54. The molecule has 4 rings (SSSR count). The van der Waals surface area contributed by atoms with E-state index in [2.05, 4.69) is 10.3 Å². The zero-order valence-corrected chi connectivity index (χ0v) is 16.3. The van der Waals surface area contributed by atoms with Gasteiger partial charge in [0, 0.05) is 55.7 Å². The average molecular weight is 394 g/mol. The van der Waals surface area contributed by atoms with Crippen molar-refractivity contribution in [2.24, 2.45) is 5.92 Å². The summed E-state index contributed by atoms with van der Waals surface area (Å²) >= 11 is 0. The summed E-state index contributed by atoms with van der Waals surface area (Å²) in [5.74, 6) is 1.57. The van der Waals surface area contributed by atoms with Crippen LogP contribution in [0.4, 0.5) is 5.82 Å². The molecule has 1 aromatic heterocycles. The van der Waals surface area contributed by atoms with E-state index in [1.165, 1.54) is 0 Å². The second kappa shape index (κ2) is 8.51. The van der Waals surface area contributed by atoms with Gasteiger partial charge in [0.1, 0.15) is 17.7 Å². The number of rotatable bonds is 6. The summed E-state index contributed by atoms with van der Waals surface area (Å²) in [7, 11) is 0. The molecule has 2 fully saturated rings. The number of ether oxygens (including phenoxy) is 1. The molecule has 152 valence electrons. The van der Waals surface area contributed by atoms with Crippen molar-refractivity contribution in [3.63, 3.8) is 0 Å². The SMILES string of the molecule is Nc1ncccc1CNC(=O)c1ccc(OC2CCN(C(=O)C3CC3)CC2)cc1. The summed E-state index contributed by atoms with van der Waals surface area (Å²) < 4.78 is 6.04. The number of nitrogens with two attached hydrogens (primary N) is 1. The number of benzene rings is 1. The number of aromatic nitrogens is 1. The van der Waals surface area contributed by atoms with Crippen molar-refractivity contribution >= 4 is 17.6 Å². The first-order chi connectivity index (χ1) is 14.1. The highest BCUT2D eigenvalue weighted by Gasteiger charge is 2.35. The third-order valence-electron chi connectivity index (χ3n) is 5.46. The van der Waals surface area contributed by atoms with Crippen LogP contribution < -0.4 is 15.8 Å². The molecule has 7 heteroatoms. The van der Waals surface area contributed by atoms with Gasteiger partial charge in [0.05, 0.1) is 0 Å². The number of carbonyl (C=O) groups excluding carboxylic acids is 2. The normalized spacial score (nSPS) is 17.0. The summed E-state index contributed by atoms with van der Waals surface area (Å²) in [6.07, 6.45) is 5.50. The Hall–Kier alpha value is -3.09. The maximum absolute atomic E-state index is 12.3. The van der Waals surface area contributed by atoms with Gasteiger partial charge >= 0.3 is 0 Å². The molecule has 0 bridgehead atoms. The Kier molecular flexibility index (Phi) is 5.64. The second-order valence-corrected chi connectivity index (χ2v) is 7.67. The first-order valence-corrected chi connectivity index (χ1v) is 10.1. The number of amides is 2. The number of piperidine rings is 1. The molecule has 1 saturated carbocycles. The third-order valence-corrected chi connectivity index (χ3v) is 5.46. The van der Waals surface area contributed by atoms with Crippen LogP contribution in [0.2, 0.25) is 0 Å². The van der Waals surface area contributed by atoms with Gasteiger partial charge in [-0.15, -0.1) is 0 Å². The smallest absolute Gasteiger partial charge is 0.251 e. The minimum Gasteiger partial charge on any atom is -0.490 e. The minimum absolute atomic E-state index is 0.103. The van der Waals surface area contributed by atoms with E-state index in [-0.39, 0.29) is 17.9 Å². The van der Waals surface area contributed by atoms with Gasteiger partial charge in [0.25, 0.3) is 5.91 Å². The van der Waals surface area contributed by atoms with E-state index in [1.54, 1.807) is 24.4 Å². The largest absolute Gasteiger partial charge is 0.490 e. The van der Waals surface area contributed by atoms with E-state index in [9.17, 15) is 9.59 Å². The number of carbonyl (C=O) groups is 2. The van der Waals surface area contributed by atoms with Crippen LogP contribution in [0.15, 0.2) is 42.6 Å². The molecule has 2 amide bonds. The molecule has 1 saturated heterocycles. The van der Waals surface area contributed by atoms with Crippen LogP contribution in [0.1, 0.15) is 41.6 Å². The molecule has 0 radical (unpaired) electrons. The number of hydrogen-bond donors (Lipinski definition) is 2. The molecule has 2 aliphatic rings. The van der Waals surface area contributed by atoms with Gasteiger partial charge in [0.2, 0.25) is 5.91 Å². The lowest BCUT2D eigenvalue weighted by atomic mass is 10.1. The van der Waals surface area contributed by atoms with Crippen molar-refractivity contribution in [3.8, 4) is 5.75 Å². The van der Waals surface area contributed by atoms with Crippen molar-refractivity contribution in [2.75, 3.05) is 18.8 Å². The Morgan fingerprint density at radius 2 is 1.83 bits per heavy atom. The van der Waals surface area contributed by atoms with Crippen LogP contribution in [-0.4, -0.2) is 40.9 Å². The molecule has 0 spiro atoms.